The predicted octanol–water partition coefficient (Wildman–Crippen LogP) is 2.57. The van der Waals surface area contributed by atoms with Crippen molar-refractivity contribution in [1.29, 1.82) is 0 Å². The van der Waals surface area contributed by atoms with Crippen molar-refractivity contribution >= 4 is 17.9 Å². The maximum absolute atomic E-state index is 10.7. The van der Waals surface area contributed by atoms with Crippen molar-refractivity contribution in [2.24, 2.45) is 0 Å². The fourth-order valence-electron chi connectivity index (χ4n) is 1.04. The molecule has 1 rings (SSSR count). The van der Waals surface area contributed by atoms with Crippen molar-refractivity contribution in [3.05, 3.63) is 28.8 Å². The van der Waals surface area contributed by atoms with Gasteiger partial charge >= 0.3 is 0 Å². The number of carbonyl (C=O) groups excluding carboxylic acids is 1. The first kappa shape index (κ1) is 12.0. The summed E-state index contributed by atoms with van der Waals surface area (Å²) in [4.78, 5) is 10.7. The Balaban J connectivity index is 2.78. The molecule has 0 fully saturated rings. The zero-order chi connectivity index (χ0) is 11.3. The van der Waals surface area contributed by atoms with Crippen LogP contribution in [-0.2, 0) is 4.74 Å². The highest BCUT2D eigenvalue weighted by Crippen LogP contribution is 2.27. The Bertz CT molecular complexity index is 339. The highest BCUT2D eigenvalue weighted by atomic mass is 35.5. The number of hydrogen-bond donors (Lipinski definition) is 0. The molecule has 0 aromatic heterocycles. The minimum atomic E-state index is -0.0409. The molecule has 82 valence electrons. The standard InChI is InChI=1S/C11H13ClO3/c1-8(14-2)7-15-11-9(6-13)4-3-5-10(11)12/h3-6,8H,7H2,1-2H3. The lowest BCUT2D eigenvalue weighted by Crippen LogP contribution is -2.16. The molecule has 0 aliphatic heterocycles. The molecular formula is C11H13ClO3. The Morgan fingerprint density at radius 1 is 1.53 bits per heavy atom. The van der Waals surface area contributed by atoms with Gasteiger partial charge in [0.1, 0.15) is 12.4 Å². The van der Waals surface area contributed by atoms with E-state index in [1.54, 1.807) is 25.3 Å². The number of aldehydes is 1. The Morgan fingerprint density at radius 3 is 2.87 bits per heavy atom. The molecule has 0 saturated heterocycles. The SMILES string of the molecule is COC(C)COc1c(Cl)cccc1C=O. The molecule has 1 unspecified atom stereocenters. The number of benzene rings is 1. The number of halogens is 1. The van der Waals surface area contributed by atoms with Gasteiger partial charge in [-0.1, -0.05) is 17.7 Å². The van der Waals surface area contributed by atoms with E-state index in [0.29, 0.717) is 22.9 Å². The van der Waals surface area contributed by atoms with E-state index < -0.39 is 0 Å². The Kier molecular flexibility index (Phi) is 4.59. The summed E-state index contributed by atoms with van der Waals surface area (Å²) in [6.45, 7) is 2.23. The van der Waals surface area contributed by atoms with Crippen molar-refractivity contribution in [3.8, 4) is 5.75 Å². The number of ether oxygens (including phenoxy) is 2. The highest BCUT2D eigenvalue weighted by Gasteiger charge is 2.09. The molecule has 0 heterocycles. The summed E-state index contributed by atoms with van der Waals surface area (Å²) in [6.07, 6.45) is 0.680. The first-order valence-corrected chi connectivity index (χ1v) is 4.96. The van der Waals surface area contributed by atoms with Crippen LogP contribution in [0.1, 0.15) is 17.3 Å². The maximum atomic E-state index is 10.7. The minimum Gasteiger partial charge on any atom is -0.489 e. The van der Waals surface area contributed by atoms with E-state index in [1.165, 1.54) is 0 Å². The summed E-state index contributed by atoms with van der Waals surface area (Å²) >= 11 is 5.91. The van der Waals surface area contributed by atoms with Crippen molar-refractivity contribution in [3.63, 3.8) is 0 Å². The fraction of sp³-hybridized carbons (Fsp3) is 0.364. The van der Waals surface area contributed by atoms with Gasteiger partial charge in [-0.3, -0.25) is 4.79 Å². The third-order valence-electron chi connectivity index (χ3n) is 1.99. The Morgan fingerprint density at radius 2 is 2.27 bits per heavy atom. The van der Waals surface area contributed by atoms with Gasteiger partial charge in [0, 0.05) is 7.11 Å². The van der Waals surface area contributed by atoms with Crippen molar-refractivity contribution in [1.82, 2.24) is 0 Å². The average Bonchev–Trinajstić information content (AvgIpc) is 2.26. The van der Waals surface area contributed by atoms with E-state index in [4.69, 9.17) is 21.1 Å². The molecule has 4 heteroatoms. The van der Waals surface area contributed by atoms with Gasteiger partial charge in [-0.15, -0.1) is 0 Å². The van der Waals surface area contributed by atoms with Crippen LogP contribution in [0.3, 0.4) is 0 Å². The molecule has 0 amide bonds. The number of methoxy groups -OCH3 is 1. The molecule has 1 aromatic rings. The number of hydrogen-bond acceptors (Lipinski definition) is 3. The molecule has 0 N–H and O–H groups in total. The second kappa shape index (κ2) is 5.73. The van der Waals surface area contributed by atoms with E-state index in [-0.39, 0.29) is 6.10 Å². The lowest BCUT2D eigenvalue weighted by atomic mass is 10.2. The van der Waals surface area contributed by atoms with Crippen LogP contribution in [0, 0.1) is 0 Å². The first-order chi connectivity index (χ1) is 7.19. The van der Waals surface area contributed by atoms with Gasteiger partial charge in [-0.25, -0.2) is 0 Å². The van der Waals surface area contributed by atoms with Crippen LogP contribution in [0.5, 0.6) is 5.75 Å². The Hall–Kier alpha value is -1.06. The maximum Gasteiger partial charge on any atom is 0.153 e. The molecule has 15 heavy (non-hydrogen) atoms. The molecule has 1 aromatic carbocycles. The summed E-state index contributed by atoms with van der Waals surface area (Å²) in [5, 5.41) is 0.433. The fourth-order valence-corrected chi connectivity index (χ4v) is 1.28. The van der Waals surface area contributed by atoms with Gasteiger partial charge < -0.3 is 9.47 Å². The van der Waals surface area contributed by atoms with Gasteiger partial charge in [0.25, 0.3) is 0 Å². The molecular weight excluding hydrogens is 216 g/mol. The van der Waals surface area contributed by atoms with Crippen LogP contribution in [0.4, 0.5) is 0 Å². The average molecular weight is 229 g/mol. The Labute approximate surface area is 93.9 Å². The molecule has 0 aliphatic rings. The van der Waals surface area contributed by atoms with Crippen LogP contribution in [0.25, 0.3) is 0 Å². The van der Waals surface area contributed by atoms with Crippen molar-refractivity contribution in [2.75, 3.05) is 13.7 Å². The quantitative estimate of drug-likeness (QED) is 0.727. The molecule has 0 spiro atoms. The van der Waals surface area contributed by atoms with Crippen molar-refractivity contribution < 1.29 is 14.3 Å². The smallest absolute Gasteiger partial charge is 0.153 e. The van der Waals surface area contributed by atoms with Crippen LogP contribution < -0.4 is 4.74 Å². The second-order valence-corrected chi connectivity index (χ2v) is 3.54. The first-order valence-electron chi connectivity index (χ1n) is 4.58. The van der Waals surface area contributed by atoms with Crippen molar-refractivity contribution in [2.45, 2.75) is 13.0 Å². The number of para-hydroxylation sites is 1. The lowest BCUT2D eigenvalue weighted by molar-refractivity contribution is 0.0712. The number of rotatable bonds is 5. The van der Waals surface area contributed by atoms with Gasteiger partial charge in [0.2, 0.25) is 0 Å². The molecule has 0 aliphatic carbocycles. The van der Waals surface area contributed by atoms with E-state index in [2.05, 4.69) is 0 Å². The largest absolute Gasteiger partial charge is 0.489 e. The van der Waals surface area contributed by atoms with E-state index >= 15 is 0 Å². The lowest BCUT2D eigenvalue weighted by Gasteiger charge is -2.13. The summed E-state index contributed by atoms with van der Waals surface area (Å²) in [5.41, 5.74) is 0.450. The van der Waals surface area contributed by atoms with Gasteiger partial charge in [-0.05, 0) is 19.1 Å². The van der Waals surface area contributed by atoms with E-state index in [9.17, 15) is 4.79 Å². The van der Waals surface area contributed by atoms with Gasteiger partial charge in [0.05, 0.1) is 16.7 Å². The molecule has 0 radical (unpaired) electrons. The molecule has 3 nitrogen and oxygen atoms in total. The van der Waals surface area contributed by atoms with Gasteiger partial charge in [-0.2, -0.15) is 0 Å². The van der Waals surface area contributed by atoms with Crippen LogP contribution in [-0.4, -0.2) is 26.1 Å². The van der Waals surface area contributed by atoms with Crippen LogP contribution in [0.2, 0.25) is 5.02 Å². The third-order valence-corrected chi connectivity index (χ3v) is 2.29. The van der Waals surface area contributed by atoms with Crippen LogP contribution in [0.15, 0.2) is 18.2 Å². The normalized spacial score (nSPS) is 12.2. The number of carbonyl (C=O) groups is 1. The topological polar surface area (TPSA) is 35.5 Å². The molecule has 0 saturated carbocycles. The predicted molar refractivity (Wildman–Crippen MR) is 58.8 cm³/mol. The monoisotopic (exact) mass is 228 g/mol. The molecule has 0 bridgehead atoms. The summed E-state index contributed by atoms with van der Waals surface area (Å²) < 4.78 is 10.5. The summed E-state index contributed by atoms with van der Waals surface area (Å²) in [7, 11) is 1.60. The summed E-state index contributed by atoms with van der Waals surface area (Å²) in [5.74, 6) is 0.415. The van der Waals surface area contributed by atoms with E-state index in [1.807, 2.05) is 6.92 Å². The van der Waals surface area contributed by atoms with Crippen LogP contribution >= 0.6 is 11.6 Å². The van der Waals surface area contributed by atoms with Gasteiger partial charge in [0.15, 0.2) is 6.29 Å². The zero-order valence-electron chi connectivity index (χ0n) is 8.70. The second-order valence-electron chi connectivity index (χ2n) is 3.13. The molecule has 1 atom stereocenters. The zero-order valence-corrected chi connectivity index (χ0v) is 9.45. The third kappa shape index (κ3) is 3.22. The highest BCUT2D eigenvalue weighted by molar-refractivity contribution is 6.32. The minimum absolute atomic E-state index is 0.0409. The summed E-state index contributed by atoms with van der Waals surface area (Å²) in [6, 6.07) is 5.05. The van der Waals surface area contributed by atoms with E-state index in [0.717, 1.165) is 6.29 Å².